The minimum Gasteiger partial charge on any atom is -0.497 e. The van der Waals surface area contributed by atoms with E-state index < -0.39 is 6.04 Å². The van der Waals surface area contributed by atoms with Crippen molar-refractivity contribution in [2.45, 2.75) is 58.0 Å². The van der Waals surface area contributed by atoms with Crippen LogP contribution < -0.4 is 10.1 Å². The molecule has 2 aromatic carbocycles. The van der Waals surface area contributed by atoms with Crippen LogP contribution in [0.4, 0.5) is 0 Å². The molecule has 0 aromatic heterocycles. The number of hydrogen-bond donors (Lipinski definition) is 1. The first kappa shape index (κ1) is 24.8. The summed E-state index contributed by atoms with van der Waals surface area (Å²) in [6, 6.07) is 17.2. The summed E-state index contributed by atoms with van der Waals surface area (Å²) < 4.78 is 5.31. The average Bonchev–Trinajstić information content (AvgIpc) is 2.74. The van der Waals surface area contributed by atoms with Crippen LogP contribution in [0.15, 0.2) is 54.6 Å². The standard InChI is InChI=1S/C25H34N2O3S/c1-19(24(29)26-25(2,3)4)27(17-21-12-9-13-22(16-21)30-5)23(28)14-15-31-18-20-10-7-6-8-11-20/h6-13,16,19H,14-15,17-18H2,1-5H3,(H,26,29)/t19-/m0/s1. The van der Waals surface area contributed by atoms with Crippen LogP contribution in [-0.4, -0.2) is 41.2 Å². The quantitative estimate of drug-likeness (QED) is 0.544. The van der Waals surface area contributed by atoms with Crippen molar-refractivity contribution in [3.63, 3.8) is 0 Å². The molecule has 2 amide bonds. The Morgan fingerprint density at radius 1 is 1.06 bits per heavy atom. The van der Waals surface area contributed by atoms with E-state index in [-0.39, 0.29) is 17.4 Å². The number of amides is 2. The topological polar surface area (TPSA) is 58.6 Å². The molecule has 2 aromatic rings. The van der Waals surface area contributed by atoms with Crippen molar-refractivity contribution in [1.82, 2.24) is 10.2 Å². The second-order valence-electron chi connectivity index (χ2n) is 8.58. The zero-order valence-corrected chi connectivity index (χ0v) is 20.0. The van der Waals surface area contributed by atoms with E-state index in [0.717, 1.165) is 17.1 Å². The highest BCUT2D eigenvalue weighted by molar-refractivity contribution is 7.98. The largest absolute Gasteiger partial charge is 0.497 e. The maximum atomic E-state index is 13.1. The number of ether oxygens (including phenoxy) is 1. The van der Waals surface area contributed by atoms with Gasteiger partial charge in [-0.2, -0.15) is 11.8 Å². The van der Waals surface area contributed by atoms with E-state index in [0.29, 0.717) is 18.7 Å². The highest BCUT2D eigenvalue weighted by Crippen LogP contribution is 2.19. The van der Waals surface area contributed by atoms with Crippen LogP contribution in [-0.2, 0) is 21.9 Å². The number of carbonyl (C=O) groups is 2. The number of methoxy groups -OCH3 is 1. The molecule has 1 atom stereocenters. The van der Waals surface area contributed by atoms with Gasteiger partial charge in [0.1, 0.15) is 11.8 Å². The maximum Gasteiger partial charge on any atom is 0.242 e. The van der Waals surface area contributed by atoms with Gasteiger partial charge in [-0.25, -0.2) is 0 Å². The zero-order valence-electron chi connectivity index (χ0n) is 19.2. The van der Waals surface area contributed by atoms with E-state index in [1.54, 1.807) is 30.7 Å². The molecule has 0 saturated heterocycles. The highest BCUT2D eigenvalue weighted by atomic mass is 32.2. The summed E-state index contributed by atoms with van der Waals surface area (Å²) >= 11 is 1.73. The molecule has 0 saturated carbocycles. The normalized spacial score (nSPS) is 12.2. The van der Waals surface area contributed by atoms with Crippen molar-refractivity contribution in [3.8, 4) is 5.75 Å². The Balaban J connectivity index is 2.05. The predicted octanol–water partition coefficient (Wildman–Crippen LogP) is 4.65. The van der Waals surface area contributed by atoms with Gasteiger partial charge in [-0.1, -0.05) is 42.5 Å². The van der Waals surface area contributed by atoms with E-state index in [9.17, 15) is 9.59 Å². The summed E-state index contributed by atoms with van der Waals surface area (Å²) in [5, 5.41) is 2.99. The Labute approximate surface area is 190 Å². The molecule has 168 valence electrons. The Kier molecular flexibility index (Phi) is 9.44. The number of nitrogens with one attached hydrogen (secondary N) is 1. The minimum absolute atomic E-state index is 0.0278. The van der Waals surface area contributed by atoms with E-state index in [1.165, 1.54) is 5.56 Å². The molecule has 0 spiro atoms. The lowest BCUT2D eigenvalue weighted by molar-refractivity contribution is -0.140. The molecule has 0 aliphatic carbocycles. The first-order chi connectivity index (χ1) is 14.7. The minimum atomic E-state index is -0.572. The molecule has 0 fully saturated rings. The number of hydrogen-bond acceptors (Lipinski definition) is 4. The Morgan fingerprint density at radius 2 is 1.74 bits per heavy atom. The van der Waals surface area contributed by atoms with E-state index in [4.69, 9.17) is 4.74 Å². The molecule has 6 heteroatoms. The van der Waals surface area contributed by atoms with Crippen molar-refractivity contribution >= 4 is 23.6 Å². The number of rotatable bonds is 10. The van der Waals surface area contributed by atoms with E-state index >= 15 is 0 Å². The Morgan fingerprint density at radius 3 is 2.39 bits per heavy atom. The summed E-state index contributed by atoms with van der Waals surface area (Å²) in [7, 11) is 1.62. The molecular weight excluding hydrogens is 408 g/mol. The molecule has 1 N–H and O–H groups in total. The van der Waals surface area contributed by atoms with Gasteiger partial charge >= 0.3 is 0 Å². The van der Waals surface area contributed by atoms with Gasteiger partial charge in [0.05, 0.1) is 7.11 Å². The van der Waals surface area contributed by atoms with Gasteiger partial charge in [0, 0.05) is 30.0 Å². The fraction of sp³-hybridized carbons (Fsp3) is 0.440. The number of nitrogens with zero attached hydrogens (tertiary/aromatic N) is 1. The van der Waals surface area contributed by atoms with Crippen molar-refractivity contribution in [2.24, 2.45) is 0 Å². The molecule has 31 heavy (non-hydrogen) atoms. The van der Waals surface area contributed by atoms with Crippen molar-refractivity contribution < 1.29 is 14.3 Å². The highest BCUT2D eigenvalue weighted by Gasteiger charge is 2.28. The summed E-state index contributed by atoms with van der Waals surface area (Å²) in [5.41, 5.74) is 1.81. The third-order valence-electron chi connectivity index (χ3n) is 4.72. The van der Waals surface area contributed by atoms with E-state index in [1.807, 2.05) is 63.2 Å². The summed E-state index contributed by atoms with van der Waals surface area (Å²) in [4.78, 5) is 27.6. The van der Waals surface area contributed by atoms with Crippen molar-refractivity contribution in [2.75, 3.05) is 12.9 Å². The second kappa shape index (κ2) is 11.8. The van der Waals surface area contributed by atoms with Crippen LogP contribution in [0.5, 0.6) is 5.75 Å². The molecule has 0 unspecified atom stereocenters. The second-order valence-corrected chi connectivity index (χ2v) is 9.68. The molecule has 0 aliphatic heterocycles. The van der Waals surface area contributed by atoms with Gasteiger partial charge in [-0.15, -0.1) is 0 Å². The van der Waals surface area contributed by atoms with Crippen LogP contribution in [0.3, 0.4) is 0 Å². The van der Waals surface area contributed by atoms with Gasteiger partial charge < -0.3 is 15.0 Å². The SMILES string of the molecule is COc1cccc(CN(C(=O)CCSCc2ccccc2)[C@@H](C)C(=O)NC(C)(C)C)c1. The smallest absolute Gasteiger partial charge is 0.242 e. The molecular formula is C25H34N2O3S. The van der Waals surface area contributed by atoms with E-state index in [2.05, 4.69) is 17.4 Å². The summed E-state index contributed by atoms with van der Waals surface area (Å²) in [6.07, 6.45) is 0.384. The van der Waals surface area contributed by atoms with Crippen LogP contribution in [0, 0.1) is 0 Å². The van der Waals surface area contributed by atoms with Gasteiger partial charge in [0.25, 0.3) is 0 Å². The molecule has 2 rings (SSSR count). The van der Waals surface area contributed by atoms with Crippen LogP contribution in [0.25, 0.3) is 0 Å². The van der Waals surface area contributed by atoms with Crippen LogP contribution >= 0.6 is 11.8 Å². The van der Waals surface area contributed by atoms with Crippen molar-refractivity contribution in [3.05, 3.63) is 65.7 Å². The first-order valence-corrected chi connectivity index (χ1v) is 11.7. The maximum absolute atomic E-state index is 13.1. The zero-order chi connectivity index (χ0) is 22.9. The predicted molar refractivity (Wildman–Crippen MR) is 128 cm³/mol. The lowest BCUT2D eigenvalue weighted by Crippen LogP contribution is -2.52. The molecule has 5 nitrogen and oxygen atoms in total. The fourth-order valence-electron chi connectivity index (χ4n) is 3.09. The van der Waals surface area contributed by atoms with Gasteiger partial charge in [0.2, 0.25) is 11.8 Å². The van der Waals surface area contributed by atoms with Crippen LogP contribution in [0.2, 0.25) is 0 Å². The molecule has 0 aliphatic rings. The molecule has 0 radical (unpaired) electrons. The average molecular weight is 443 g/mol. The lowest BCUT2D eigenvalue weighted by atomic mass is 10.1. The number of thioether (sulfide) groups is 1. The summed E-state index contributed by atoms with van der Waals surface area (Å²) in [6.45, 7) is 7.96. The Hall–Kier alpha value is -2.47. The number of benzene rings is 2. The van der Waals surface area contributed by atoms with Crippen molar-refractivity contribution in [1.29, 1.82) is 0 Å². The Bertz CT molecular complexity index is 849. The van der Waals surface area contributed by atoms with Gasteiger partial charge in [-0.3, -0.25) is 9.59 Å². The van der Waals surface area contributed by atoms with Gasteiger partial charge in [0.15, 0.2) is 0 Å². The first-order valence-electron chi connectivity index (χ1n) is 10.6. The van der Waals surface area contributed by atoms with Gasteiger partial charge in [-0.05, 0) is 51.0 Å². The molecule has 0 heterocycles. The molecule has 0 bridgehead atoms. The summed E-state index contributed by atoms with van der Waals surface area (Å²) in [5.74, 6) is 2.12. The number of carbonyl (C=O) groups excluding carboxylic acids is 2. The monoisotopic (exact) mass is 442 g/mol. The third-order valence-corrected chi connectivity index (χ3v) is 5.75. The van der Waals surface area contributed by atoms with Crippen LogP contribution in [0.1, 0.15) is 45.2 Å². The third kappa shape index (κ3) is 8.66. The fourth-order valence-corrected chi connectivity index (χ4v) is 3.98. The lowest BCUT2D eigenvalue weighted by Gasteiger charge is -2.31.